The van der Waals surface area contributed by atoms with Crippen molar-refractivity contribution in [3.63, 3.8) is 0 Å². The Labute approximate surface area is 110 Å². The van der Waals surface area contributed by atoms with E-state index in [1.54, 1.807) is 4.90 Å². The molecule has 1 fully saturated rings. The van der Waals surface area contributed by atoms with Gasteiger partial charge in [0.15, 0.2) is 0 Å². The van der Waals surface area contributed by atoms with Crippen molar-refractivity contribution in [2.45, 2.75) is 66.0 Å². The molecule has 0 aromatic carbocycles. The molecule has 1 N–H and O–H groups in total. The third-order valence-electron chi connectivity index (χ3n) is 3.39. The maximum absolute atomic E-state index is 12.5. The second-order valence-corrected chi connectivity index (χ2v) is 6.14. The zero-order valence-corrected chi connectivity index (χ0v) is 12.2. The van der Waals surface area contributed by atoms with Crippen LogP contribution in [0, 0.1) is 5.41 Å². The molecule has 4 heteroatoms. The van der Waals surface area contributed by atoms with E-state index in [4.69, 9.17) is 0 Å². The maximum atomic E-state index is 12.5. The zero-order chi connectivity index (χ0) is 13.9. The van der Waals surface area contributed by atoms with E-state index >= 15 is 0 Å². The van der Waals surface area contributed by atoms with Gasteiger partial charge in [-0.05, 0) is 18.3 Å². The Morgan fingerprint density at radius 2 is 1.78 bits per heavy atom. The van der Waals surface area contributed by atoms with Crippen molar-refractivity contribution in [3.8, 4) is 0 Å². The van der Waals surface area contributed by atoms with Gasteiger partial charge < -0.3 is 10.2 Å². The van der Waals surface area contributed by atoms with Crippen molar-refractivity contribution in [1.29, 1.82) is 0 Å². The number of amides is 2. The molecule has 0 radical (unpaired) electrons. The summed E-state index contributed by atoms with van der Waals surface area (Å²) in [4.78, 5) is 26.4. The van der Waals surface area contributed by atoms with Crippen LogP contribution in [0.2, 0.25) is 0 Å². The number of rotatable bonds is 4. The standard InChI is InChI=1S/C14H26N2O2/c1-6-8-10-12(17)15-11(14(3,4)5)13(18)16(10)9-7-2/h10-11H,6-9H2,1-5H3,(H,15,17). The van der Waals surface area contributed by atoms with Crippen molar-refractivity contribution < 1.29 is 9.59 Å². The van der Waals surface area contributed by atoms with Crippen LogP contribution in [0.5, 0.6) is 0 Å². The van der Waals surface area contributed by atoms with E-state index in [2.05, 4.69) is 5.32 Å². The van der Waals surface area contributed by atoms with Crippen molar-refractivity contribution in [2.75, 3.05) is 6.54 Å². The number of hydrogen-bond acceptors (Lipinski definition) is 2. The van der Waals surface area contributed by atoms with Gasteiger partial charge in [0.05, 0.1) is 0 Å². The van der Waals surface area contributed by atoms with Crippen LogP contribution in [0.15, 0.2) is 0 Å². The van der Waals surface area contributed by atoms with Crippen LogP contribution in [0.3, 0.4) is 0 Å². The van der Waals surface area contributed by atoms with E-state index in [9.17, 15) is 9.59 Å². The smallest absolute Gasteiger partial charge is 0.246 e. The number of piperazine rings is 1. The summed E-state index contributed by atoms with van der Waals surface area (Å²) in [5.41, 5.74) is -0.240. The lowest BCUT2D eigenvalue weighted by Crippen LogP contribution is -2.66. The third-order valence-corrected chi connectivity index (χ3v) is 3.39. The van der Waals surface area contributed by atoms with Gasteiger partial charge in [0.1, 0.15) is 12.1 Å². The molecule has 1 rings (SSSR count). The Hall–Kier alpha value is -1.06. The Kier molecular flexibility index (Phi) is 4.77. The van der Waals surface area contributed by atoms with Crippen LogP contribution in [0.25, 0.3) is 0 Å². The molecule has 104 valence electrons. The molecule has 1 aliphatic heterocycles. The zero-order valence-electron chi connectivity index (χ0n) is 12.2. The lowest BCUT2D eigenvalue weighted by molar-refractivity contribution is -0.152. The highest BCUT2D eigenvalue weighted by molar-refractivity contribution is 5.97. The molecule has 0 saturated carbocycles. The minimum absolute atomic E-state index is 0.00447. The van der Waals surface area contributed by atoms with E-state index in [1.165, 1.54) is 0 Å². The fraction of sp³-hybridized carbons (Fsp3) is 0.857. The van der Waals surface area contributed by atoms with Gasteiger partial charge in [-0.1, -0.05) is 41.0 Å². The first kappa shape index (κ1) is 15.0. The largest absolute Gasteiger partial charge is 0.342 e. The molecular weight excluding hydrogens is 228 g/mol. The van der Waals surface area contributed by atoms with Crippen LogP contribution in [0.4, 0.5) is 0 Å². The average molecular weight is 254 g/mol. The lowest BCUT2D eigenvalue weighted by Gasteiger charge is -2.43. The lowest BCUT2D eigenvalue weighted by atomic mass is 9.83. The number of hydrogen-bond donors (Lipinski definition) is 1. The first-order valence-corrected chi connectivity index (χ1v) is 6.93. The van der Waals surface area contributed by atoms with Gasteiger partial charge in [0.2, 0.25) is 11.8 Å². The first-order chi connectivity index (χ1) is 8.32. The van der Waals surface area contributed by atoms with Crippen molar-refractivity contribution in [1.82, 2.24) is 10.2 Å². The van der Waals surface area contributed by atoms with Gasteiger partial charge >= 0.3 is 0 Å². The molecule has 4 nitrogen and oxygen atoms in total. The van der Waals surface area contributed by atoms with Crippen LogP contribution < -0.4 is 5.32 Å². The van der Waals surface area contributed by atoms with Gasteiger partial charge in [0, 0.05) is 6.54 Å². The van der Waals surface area contributed by atoms with E-state index in [0.717, 1.165) is 19.3 Å². The molecule has 0 bridgehead atoms. The highest BCUT2D eigenvalue weighted by Gasteiger charge is 2.44. The molecule has 2 amide bonds. The van der Waals surface area contributed by atoms with E-state index in [1.807, 2.05) is 34.6 Å². The van der Waals surface area contributed by atoms with Crippen molar-refractivity contribution >= 4 is 11.8 Å². The SMILES string of the molecule is CCCC1C(=O)NC(C(C)(C)C)C(=O)N1CCC. The highest BCUT2D eigenvalue weighted by Crippen LogP contribution is 2.26. The summed E-state index contributed by atoms with van der Waals surface area (Å²) in [5.74, 6) is 0.0761. The Morgan fingerprint density at radius 3 is 2.22 bits per heavy atom. The summed E-state index contributed by atoms with van der Waals surface area (Å²) < 4.78 is 0. The molecule has 0 aromatic heterocycles. The molecule has 0 aliphatic carbocycles. The van der Waals surface area contributed by atoms with E-state index < -0.39 is 6.04 Å². The van der Waals surface area contributed by atoms with Crippen LogP contribution in [-0.2, 0) is 9.59 Å². The Morgan fingerprint density at radius 1 is 1.17 bits per heavy atom. The molecule has 1 aliphatic rings. The van der Waals surface area contributed by atoms with E-state index in [0.29, 0.717) is 6.54 Å². The minimum Gasteiger partial charge on any atom is -0.342 e. The maximum Gasteiger partial charge on any atom is 0.246 e. The highest BCUT2D eigenvalue weighted by atomic mass is 16.2. The van der Waals surface area contributed by atoms with Crippen LogP contribution in [0.1, 0.15) is 53.9 Å². The van der Waals surface area contributed by atoms with Gasteiger partial charge in [-0.15, -0.1) is 0 Å². The van der Waals surface area contributed by atoms with Gasteiger partial charge in [-0.25, -0.2) is 0 Å². The molecule has 2 unspecified atom stereocenters. The predicted molar refractivity (Wildman–Crippen MR) is 72.1 cm³/mol. The quantitative estimate of drug-likeness (QED) is 0.833. The monoisotopic (exact) mass is 254 g/mol. The van der Waals surface area contributed by atoms with Gasteiger partial charge in [-0.3, -0.25) is 9.59 Å². The second-order valence-electron chi connectivity index (χ2n) is 6.14. The fourth-order valence-corrected chi connectivity index (χ4v) is 2.42. The Balaban J connectivity index is 2.97. The Bertz CT molecular complexity index is 320. The second kappa shape index (κ2) is 5.72. The van der Waals surface area contributed by atoms with Crippen LogP contribution in [-0.4, -0.2) is 35.3 Å². The molecule has 0 spiro atoms. The van der Waals surface area contributed by atoms with Gasteiger partial charge in [-0.2, -0.15) is 0 Å². The molecule has 0 aromatic rings. The third kappa shape index (κ3) is 3.03. The molecule has 2 atom stereocenters. The van der Waals surface area contributed by atoms with Crippen molar-refractivity contribution in [3.05, 3.63) is 0 Å². The first-order valence-electron chi connectivity index (χ1n) is 6.93. The number of nitrogens with one attached hydrogen (secondary N) is 1. The minimum atomic E-state index is -0.398. The number of nitrogens with zero attached hydrogens (tertiary/aromatic N) is 1. The summed E-state index contributed by atoms with van der Waals surface area (Å²) >= 11 is 0. The summed E-state index contributed by atoms with van der Waals surface area (Å²) in [5, 5.41) is 2.90. The summed E-state index contributed by atoms with van der Waals surface area (Å²) in [6.45, 7) is 10.7. The fourth-order valence-electron chi connectivity index (χ4n) is 2.42. The van der Waals surface area contributed by atoms with E-state index in [-0.39, 0.29) is 23.3 Å². The molecule has 18 heavy (non-hydrogen) atoms. The van der Waals surface area contributed by atoms with Crippen LogP contribution >= 0.6 is 0 Å². The summed E-state index contributed by atoms with van der Waals surface area (Å²) in [7, 11) is 0. The number of carbonyl (C=O) groups is 2. The van der Waals surface area contributed by atoms with Gasteiger partial charge in [0.25, 0.3) is 0 Å². The summed E-state index contributed by atoms with van der Waals surface area (Å²) in [6.07, 6.45) is 2.54. The summed E-state index contributed by atoms with van der Waals surface area (Å²) in [6, 6.07) is -0.675. The number of carbonyl (C=O) groups excluding carboxylic acids is 2. The molecule has 1 heterocycles. The molecule has 1 saturated heterocycles. The average Bonchev–Trinajstić information content (AvgIpc) is 2.26. The normalized spacial score (nSPS) is 25.3. The molecular formula is C14H26N2O2. The topological polar surface area (TPSA) is 49.4 Å². The van der Waals surface area contributed by atoms with Crippen molar-refractivity contribution in [2.24, 2.45) is 5.41 Å². The predicted octanol–water partition coefficient (Wildman–Crippen LogP) is 1.94.